The molecule has 0 fully saturated rings. The van der Waals surface area contributed by atoms with Gasteiger partial charge in [-0.3, -0.25) is 0 Å². The number of rotatable bonds is 1. The summed E-state index contributed by atoms with van der Waals surface area (Å²) >= 11 is 0. The zero-order chi connectivity index (χ0) is 5.98. The van der Waals surface area contributed by atoms with E-state index in [4.69, 9.17) is 0 Å². The summed E-state index contributed by atoms with van der Waals surface area (Å²) in [6.07, 6.45) is 0. The van der Waals surface area contributed by atoms with Gasteiger partial charge in [-0.25, -0.2) is 0 Å². The third-order valence-electron chi connectivity index (χ3n) is 0.472. The van der Waals surface area contributed by atoms with Crippen LogP contribution < -0.4 is 5.10 Å². The molecule has 42 valence electrons. The van der Waals surface area contributed by atoms with Crippen LogP contribution in [0.25, 0.3) is 0 Å². The highest BCUT2D eigenvalue weighted by atomic mass is 16.6. The van der Waals surface area contributed by atoms with Crippen LogP contribution in [0.3, 0.4) is 0 Å². The average Bonchev–Trinajstić information content (AvgIpc) is 2.12. The summed E-state index contributed by atoms with van der Waals surface area (Å²) in [5.41, 5.74) is 0. The standard InChI is InChI=1S/CN5O2/c7-6(8)1-2-4-5-3-1/q-1. The Morgan fingerprint density at radius 1 is 1.75 bits per heavy atom. The van der Waals surface area contributed by atoms with Gasteiger partial charge in [0.2, 0.25) is 0 Å². The van der Waals surface area contributed by atoms with Gasteiger partial charge in [0.1, 0.15) is 0 Å². The maximum Gasteiger partial charge on any atom is 0.296 e. The van der Waals surface area contributed by atoms with E-state index in [1.165, 1.54) is 0 Å². The lowest BCUT2D eigenvalue weighted by Crippen LogP contribution is -1.90. The minimum absolute atomic E-state index is 0.565. The molecule has 0 saturated heterocycles. The number of tetrazole rings is 1. The van der Waals surface area contributed by atoms with Gasteiger partial charge in [0, 0.05) is 0 Å². The molecule has 1 aromatic heterocycles. The third kappa shape index (κ3) is 0.600. The monoisotopic (exact) mass is 114 g/mol. The molecule has 0 radical (unpaired) electrons. The lowest BCUT2D eigenvalue weighted by Gasteiger charge is -1.92. The van der Waals surface area contributed by atoms with Crippen LogP contribution in [0.4, 0.5) is 5.95 Å². The highest BCUT2D eigenvalue weighted by molar-refractivity contribution is 4.90. The third-order valence-corrected chi connectivity index (χ3v) is 0.472. The van der Waals surface area contributed by atoms with Crippen LogP contribution in [0, 0.1) is 10.1 Å². The Hall–Kier alpha value is -1.53. The normalized spacial score (nSPS) is 9.00. The van der Waals surface area contributed by atoms with Crippen molar-refractivity contribution >= 4 is 5.95 Å². The largest absolute Gasteiger partial charge is 0.458 e. The fourth-order valence-corrected chi connectivity index (χ4v) is 0.213. The topological polar surface area (TPSA) is 95.9 Å². The van der Waals surface area contributed by atoms with Crippen molar-refractivity contribution in [2.24, 2.45) is 0 Å². The second kappa shape index (κ2) is 1.52. The molecule has 1 rings (SSSR count). The minimum atomic E-state index is -0.764. The molecule has 0 N–H and O–H groups in total. The number of hydrogen-bond donors (Lipinski definition) is 0. The molecule has 1 aromatic rings. The van der Waals surface area contributed by atoms with Crippen LogP contribution in [0.2, 0.25) is 0 Å². The average molecular weight is 114 g/mol. The molecule has 0 spiro atoms. The zero-order valence-electron chi connectivity index (χ0n) is 3.55. The first-order chi connectivity index (χ1) is 3.80. The number of hydrogen-bond acceptors (Lipinski definition) is 5. The molecule has 8 heavy (non-hydrogen) atoms. The molecule has 0 aliphatic carbocycles. The predicted molar refractivity (Wildman–Crippen MR) is 19.8 cm³/mol. The first kappa shape index (κ1) is 4.62. The second-order valence-electron chi connectivity index (χ2n) is 0.936. The van der Waals surface area contributed by atoms with Crippen LogP contribution in [0.5, 0.6) is 0 Å². The van der Waals surface area contributed by atoms with Gasteiger partial charge in [-0.05, 0) is 10.4 Å². The van der Waals surface area contributed by atoms with Crippen molar-refractivity contribution in [3.63, 3.8) is 0 Å². The summed E-state index contributed by atoms with van der Waals surface area (Å²) in [7, 11) is 0. The Kier molecular flexibility index (Phi) is 0.881. The van der Waals surface area contributed by atoms with Gasteiger partial charge < -0.3 is 10.1 Å². The van der Waals surface area contributed by atoms with E-state index in [-0.39, 0.29) is 0 Å². The quantitative estimate of drug-likeness (QED) is 0.334. The first-order valence-electron chi connectivity index (χ1n) is 1.64. The maximum atomic E-state index is 9.66. The maximum absolute atomic E-state index is 9.66. The number of nitrogens with zero attached hydrogens (tertiary/aromatic N) is 5. The van der Waals surface area contributed by atoms with Crippen molar-refractivity contribution in [1.82, 2.24) is 20.6 Å². The van der Waals surface area contributed by atoms with Gasteiger partial charge in [-0.2, -0.15) is 4.92 Å². The van der Waals surface area contributed by atoms with Crippen molar-refractivity contribution < 1.29 is 4.92 Å². The Morgan fingerprint density at radius 3 is 2.75 bits per heavy atom. The van der Waals surface area contributed by atoms with Crippen LogP contribution in [-0.2, 0) is 0 Å². The van der Waals surface area contributed by atoms with Crippen molar-refractivity contribution in [3.05, 3.63) is 10.1 Å². The summed E-state index contributed by atoms with van der Waals surface area (Å²) in [5, 5.41) is 21.3. The van der Waals surface area contributed by atoms with E-state index < -0.39 is 10.9 Å². The smallest absolute Gasteiger partial charge is 0.296 e. The summed E-state index contributed by atoms with van der Waals surface area (Å²) in [6, 6.07) is 0. The molecule has 0 atom stereocenters. The first-order valence-corrected chi connectivity index (χ1v) is 1.64. The van der Waals surface area contributed by atoms with Gasteiger partial charge in [0.15, 0.2) is 0 Å². The summed E-state index contributed by atoms with van der Waals surface area (Å²) in [5.74, 6) is -0.565. The van der Waals surface area contributed by atoms with Gasteiger partial charge in [-0.15, -0.1) is 0 Å². The van der Waals surface area contributed by atoms with Crippen LogP contribution in [0.1, 0.15) is 0 Å². The number of aromatic nitrogens is 4. The highest BCUT2D eigenvalue weighted by Gasteiger charge is 1.93. The Morgan fingerprint density at radius 2 is 2.50 bits per heavy atom. The molecule has 7 nitrogen and oxygen atoms in total. The molecule has 0 saturated carbocycles. The fraction of sp³-hybridized carbons (Fsp3) is 0. The van der Waals surface area contributed by atoms with Crippen LogP contribution >= 0.6 is 0 Å². The fourth-order valence-electron chi connectivity index (χ4n) is 0.213. The van der Waals surface area contributed by atoms with E-state index in [0.29, 0.717) is 0 Å². The predicted octanol–water partition coefficient (Wildman–Crippen LogP) is -1.26. The van der Waals surface area contributed by atoms with Gasteiger partial charge in [0.25, 0.3) is 5.95 Å². The Balaban J connectivity index is 2.93. The van der Waals surface area contributed by atoms with E-state index in [1.807, 2.05) is 0 Å². The molecule has 0 aliphatic rings. The molecular formula is CN5O2-. The molecule has 0 bridgehead atoms. The molecule has 0 aromatic carbocycles. The minimum Gasteiger partial charge on any atom is -0.458 e. The SMILES string of the molecule is O=[N+]([O-])c1nnn[n-]1. The second-order valence-corrected chi connectivity index (χ2v) is 0.936. The van der Waals surface area contributed by atoms with E-state index in [0.717, 1.165) is 0 Å². The molecule has 1 heterocycles. The van der Waals surface area contributed by atoms with Crippen LogP contribution in [0.15, 0.2) is 0 Å². The van der Waals surface area contributed by atoms with E-state index in [9.17, 15) is 10.1 Å². The molecule has 0 aliphatic heterocycles. The van der Waals surface area contributed by atoms with Crippen molar-refractivity contribution in [2.75, 3.05) is 0 Å². The van der Waals surface area contributed by atoms with Crippen molar-refractivity contribution in [2.45, 2.75) is 0 Å². The van der Waals surface area contributed by atoms with Gasteiger partial charge in [-0.1, -0.05) is 10.2 Å². The lowest BCUT2D eigenvalue weighted by molar-refractivity contribution is -0.394. The van der Waals surface area contributed by atoms with E-state index in [2.05, 4.69) is 20.6 Å². The van der Waals surface area contributed by atoms with Crippen molar-refractivity contribution in [3.8, 4) is 0 Å². The van der Waals surface area contributed by atoms with Gasteiger partial charge in [0.05, 0.1) is 0 Å². The molecule has 0 amide bonds. The molecular weight excluding hydrogens is 114 g/mol. The van der Waals surface area contributed by atoms with Crippen molar-refractivity contribution in [1.29, 1.82) is 0 Å². The Labute approximate surface area is 42.9 Å². The zero-order valence-corrected chi connectivity index (χ0v) is 3.55. The Bertz CT molecular complexity index is 178. The molecule has 7 heteroatoms. The van der Waals surface area contributed by atoms with Gasteiger partial charge >= 0.3 is 0 Å². The summed E-state index contributed by atoms with van der Waals surface area (Å²) in [4.78, 5) is 8.90. The summed E-state index contributed by atoms with van der Waals surface area (Å²) in [6.45, 7) is 0. The van der Waals surface area contributed by atoms with E-state index in [1.54, 1.807) is 0 Å². The summed E-state index contributed by atoms with van der Waals surface area (Å²) < 4.78 is 0. The van der Waals surface area contributed by atoms with E-state index >= 15 is 0 Å². The molecule has 0 unspecified atom stereocenters. The number of nitro groups is 1. The lowest BCUT2D eigenvalue weighted by atomic mass is 11.1. The highest BCUT2D eigenvalue weighted by Crippen LogP contribution is 1.90. The van der Waals surface area contributed by atoms with Crippen LogP contribution in [-0.4, -0.2) is 20.4 Å².